The van der Waals surface area contributed by atoms with Crippen LogP contribution in [0, 0.1) is 13.8 Å². The Morgan fingerprint density at radius 1 is 1.17 bits per heavy atom. The van der Waals surface area contributed by atoms with Crippen molar-refractivity contribution in [2.75, 3.05) is 18.2 Å². The first-order valence-corrected chi connectivity index (χ1v) is 10.8. The quantitative estimate of drug-likeness (QED) is 0.449. The van der Waals surface area contributed by atoms with E-state index in [9.17, 15) is 4.79 Å². The van der Waals surface area contributed by atoms with Crippen LogP contribution in [-0.2, 0) is 4.79 Å². The minimum absolute atomic E-state index is 0.0838. The van der Waals surface area contributed by atoms with Crippen molar-refractivity contribution in [2.45, 2.75) is 18.7 Å². The summed E-state index contributed by atoms with van der Waals surface area (Å²) >= 11 is 3.00. The van der Waals surface area contributed by atoms with Gasteiger partial charge < -0.3 is 10.1 Å². The number of fused-ring (bicyclic) bond motifs is 1. The molecule has 1 N–H and O–H groups in total. The number of aryl methyl sites for hydroxylation is 2. The normalized spacial score (nSPS) is 11.0. The summed E-state index contributed by atoms with van der Waals surface area (Å²) in [4.78, 5) is 18.2. The summed E-state index contributed by atoms with van der Waals surface area (Å²) < 4.78 is 7.97. The van der Waals surface area contributed by atoms with Gasteiger partial charge in [-0.2, -0.15) is 9.78 Å². The predicted molar refractivity (Wildman–Crippen MR) is 119 cm³/mol. The Morgan fingerprint density at radius 2 is 1.97 bits per heavy atom. The van der Waals surface area contributed by atoms with Crippen molar-refractivity contribution in [3.05, 3.63) is 59.8 Å². The van der Waals surface area contributed by atoms with Crippen molar-refractivity contribution in [1.29, 1.82) is 0 Å². The lowest BCUT2D eigenvalue weighted by atomic mass is 10.2. The topological polar surface area (TPSA) is 69.0 Å². The van der Waals surface area contributed by atoms with Gasteiger partial charge in [-0.05, 0) is 44.2 Å². The minimum atomic E-state index is -0.0838. The van der Waals surface area contributed by atoms with Crippen LogP contribution in [0.4, 0.5) is 5.82 Å². The summed E-state index contributed by atoms with van der Waals surface area (Å²) in [6.07, 6.45) is 0. The molecule has 2 heterocycles. The van der Waals surface area contributed by atoms with Crippen LogP contribution in [0.2, 0.25) is 0 Å². The number of ether oxygens (including phenoxy) is 1. The summed E-state index contributed by atoms with van der Waals surface area (Å²) in [5.41, 5.74) is 2.88. The number of rotatable bonds is 6. The number of carbonyl (C=O) groups is 1. The van der Waals surface area contributed by atoms with Crippen LogP contribution in [0.5, 0.6) is 5.75 Å². The van der Waals surface area contributed by atoms with E-state index in [2.05, 4.69) is 15.4 Å². The Morgan fingerprint density at radius 3 is 2.72 bits per heavy atom. The number of nitrogens with one attached hydrogen (secondary N) is 1. The molecule has 0 fully saturated rings. The molecule has 4 aromatic rings. The first-order valence-electron chi connectivity index (χ1n) is 9.03. The molecule has 2 aromatic heterocycles. The second kappa shape index (κ2) is 8.26. The number of anilines is 1. The average Bonchev–Trinajstić information content (AvgIpc) is 3.29. The lowest BCUT2D eigenvalue weighted by molar-refractivity contribution is -0.113. The third kappa shape index (κ3) is 4.44. The summed E-state index contributed by atoms with van der Waals surface area (Å²) in [7, 11) is 1.64. The number of hydrogen-bond donors (Lipinski definition) is 1. The summed E-state index contributed by atoms with van der Waals surface area (Å²) in [5, 5.41) is 8.17. The maximum Gasteiger partial charge on any atom is 0.235 e. The summed E-state index contributed by atoms with van der Waals surface area (Å²) in [5.74, 6) is 1.64. The van der Waals surface area contributed by atoms with Crippen molar-refractivity contribution >= 4 is 45.0 Å². The van der Waals surface area contributed by atoms with Crippen LogP contribution in [0.25, 0.3) is 15.3 Å². The fraction of sp³-hybridized carbons (Fsp3) is 0.190. The number of nitrogens with zero attached hydrogens (tertiary/aromatic N) is 3. The lowest BCUT2D eigenvalue weighted by Gasteiger charge is -2.06. The molecule has 0 aliphatic rings. The average molecular weight is 425 g/mol. The highest BCUT2D eigenvalue weighted by molar-refractivity contribution is 8.00. The third-order valence-electron chi connectivity index (χ3n) is 4.26. The van der Waals surface area contributed by atoms with E-state index in [-0.39, 0.29) is 5.91 Å². The Labute approximate surface area is 176 Å². The van der Waals surface area contributed by atoms with Gasteiger partial charge in [-0.25, -0.2) is 4.98 Å². The number of hydrogen-bond acceptors (Lipinski definition) is 6. The molecule has 1 amide bonds. The molecule has 0 aliphatic carbocycles. The van der Waals surface area contributed by atoms with Crippen molar-refractivity contribution in [3.63, 3.8) is 0 Å². The first-order chi connectivity index (χ1) is 14.0. The van der Waals surface area contributed by atoms with Gasteiger partial charge in [0.2, 0.25) is 11.0 Å². The largest absolute Gasteiger partial charge is 0.497 e. The number of benzene rings is 2. The molecule has 2 aromatic carbocycles. The molecular weight excluding hydrogens is 404 g/mol. The highest BCUT2D eigenvalue weighted by Crippen LogP contribution is 2.30. The Bertz CT molecular complexity index is 1170. The number of aromatic nitrogens is 3. The van der Waals surface area contributed by atoms with Crippen LogP contribution in [0.15, 0.2) is 53.4 Å². The molecule has 29 heavy (non-hydrogen) atoms. The van der Waals surface area contributed by atoms with Gasteiger partial charge in [-0.1, -0.05) is 29.0 Å². The van der Waals surface area contributed by atoms with E-state index in [1.807, 2.05) is 62.4 Å². The third-order valence-corrected chi connectivity index (χ3v) is 6.26. The van der Waals surface area contributed by atoms with E-state index in [4.69, 9.17) is 4.74 Å². The molecule has 0 saturated carbocycles. The van der Waals surface area contributed by atoms with E-state index in [0.29, 0.717) is 16.7 Å². The van der Waals surface area contributed by atoms with Crippen molar-refractivity contribution in [3.8, 4) is 10.9 Å². The summed E-state index contributed by atoms with van der Waals surface area (Å²) in [6.45, 7) is 3.94. The summed E-state index contributed by atoms with van der Waals surface area (Å²) in [6, 6.07) is 15.7. The fourth-order valence-electron chi connectivity index (χ4n) is 2.81. The van der Waals surface area contributed by atoms with Gasteiger partial charge in [0, 0.05) is 11.0 Å². The minimum Gasteiger partial charge on any atom is -0.497 e. The molecule has 0 bridgehead atoms. The van der Waals surface area contributed by atoms with E-state index >= 15 is 0 Å². The number of thiazole rings is 1. The molecule has 6 nitrogen and oxygen atoms in total. The second-order valence-corrected chi connectivity index (χ2v) is 8.62. The van der Waals surface area contributed by atoms with Crippen molar-refractivity contribution in [2.24, 2.45) is 0 Å². The Kier molecular flexibility index (Phi) is 5.55. The molecular formula is C21H20N4O2S2. The number of methoxy groups -OCH3 is 1. The molecule has 4 rings (SSSR count). The number of amides is 1. The van der Waals surface area contributed by atoms with E-state index < -0.39 is 0 Å². The highest BCUT2D eigenvalue weighted by atomic mass is 32.2. The predicted octanol–water partition coefficient (Wildman–Crippen LogP) is 4.84. The van der Waals surface area contributed by atoms with E-state index in [1.165, 1.54) is 28.7 Å². The van der Waals surface area contributed by atoms with Crippen LogP contribution in [0.3, 0.4) is 0 Å². The SMILES string of the molecule is COc1ccc2nc(-n3nc(C)cc3NC(=O)CSc3ccc(C)cc3)sc2c1. The maximum atomic E-state index is 12.5. The van der Waals surface area contributed by atoms with Gasteiger partial charge in [0.1, 0.15) is 11.6 Å². The maximum absolute atomic E-state index is 12.5. The number of thioether (sulfide) groups is 1. The molecule has 148 valence electrons. The molecule has 8 heteroatoms. The van der Waals surface area contributed by atoms with Crippen molar-refractivity contribution in [1.82, 2.24) is 14.8 Å². The van der Waals surface area contributed by atoms with E-state index in [0.717, 1.165) is 26.6 Å². The van der Waals surface area contributed by atoms with Gasteiger partial charge in [0.05, 0.1) is 28.8 Å². The van der Waals surface area contributed by atoms with Crippen molar-refractivity contribution < 1.29 is 9.53 Å². The molecule has 0 saturated heterocycles. The standard InChI is InChI=1S/C21H20N4O2S2/c1-13-4-7-16(8-5-13)28-12-20(26)23-19-10-14(2)24-25(19)21-22-17-9-6-15(27-3)11-18(17)29-21/h4-11H,12H2,1-3H3,(H,23,26). The van der Waals surface area contributed by atoms with Gasteiger partial charge in [-0.15, -0.1) is 11.8 Å². The molecule has 0 unspecified atom stereocenters. The zero-order valence-electron chi connectivity index (χ0n) is 16.3. The van der Waals surface area contributed by atoms with Gasteiger partial charge >= 0.3 is 0 Å². The van der Waals surface area contributed by atoms with Crippen LogP contribution in [0.1, 0.15) is 11.3 Å². The first kappa shape index (κ1) is 19.5. The second-order valence-electron chi connectivity index (χ2n) is 6.56. The van der Waals surface area contributed by atoms with Crippen LogP contribution < -0.4 is 10.1 Å². The number of carbonyl (C=O) groups excluding carboxylic acids is 1. The smallest absolute Gasteiger partial charge is 0.235 e. The Balaban J connectivity index is 1.52. The molecule has 0 spiro atoms. The lowest BCUT2D eigenvalue weighted by Crippen LogP contribution is -2.16. The van der Waals surface area contributed by atoms with E-state index in [1.54, 1.807) is 11.8 Å². The zero-order chi connectivity index (χ0) is 20.4. The zero-order valence-corrected chi connectivity index (χ0v) is 17.9. The van der Waals surface area contributed by atoms with Crippen LogP contribution in [-0.4, -0.2) is 33.5 Å². The van der Waals surface area contributed by atoms with Gasteiger partial charge in [0.15, 0.2) is 0 Å². The monoisotopic (exact) mass is 424 g/mol. The van der Waals surface area contributed by atoms with Gasteiger partial charge in [0.25, 0.3) is 0 Å². The molecule has 0 radical (unpaired) electrons. The molecule has 0 atom stereocenters. The van der Waals surface area contributed by atoms with Crippen LogP contribution >= 0.6 is 23.1 Å². The fourth-order valence-corrected chi connectivity index (χ4v) is 4.47. The van der Waals surface area contributed by atoms with Gasteiger partial charge in [-0.3, -0.25) is 4.79 Å². The Hall–Kier alpha value is -2.84. The molecule has 0 aliphatic heterocycles. The highest BCUT2D eigenvalue weighted by Gasteiger charge is 2.15.